The molecule has 1 rings (SSSR count). The van der Waals surface area contributed by atoms with E-state index in [9.17, 15) is 16.7 Å². The Bertz CT molecular complexity index is 435. The highest BCUT2D eigenvalue weighted by Crippen LogP contribution is 2.15. The zero-order valence-electron chi connectivity index (χ0n) is 6.87. The lowest BCUT2D eigenvalue weighted by Gasteiger charge is -2.00. The number of halogens is 3. The molecule has 14 heavy (non-hydrogen) atoms. The summed E-state index contributed by atoms with van der Waals surface area (Å²) in [5.74, 6) is -1.36. The molecule has 0 bridgehead atoms. The van der Waals surface area contributed by atoms with E-state index in [2.05, 4.69) is 4.98 Å². The first kappa shape index (κ1) is 11.3. The second-order valence-corrected chi connectivity index (χ2v) is 4.44. The molecule has 0 N–H and O–H groups in total. The molecule has 0 saturated carbocycles. The number of aryl methyl sites for hydroxylation is 1. The van der Waals surface area contributed by atoms with Crippen molar-refractivity contribution in [3.63, 3.8) is 0 Å². The van der Waals surface area contributed by atoms with Crippen LogP contribution >= 0.6 is 11.6 Å². The van der Waals surface area contributed by atoms with Gasteiger partial charge < -0.3 is 0 Å². The molecule has 0 aliphatic carbocycles. The fraction of sp³-hybridized carbons (Fsp3) is 0.286. The lowest BCUT2D eigenvalue weighted by molar-refractivity contribution is 0.551. The van der Waals surface area contributed by atoms with E-state index in [0.29, 0.717) is 0 Å². The van der Waals surface area contributed by atoms with Crippen molar-refractivity contribution >= 4 is 21.8 Å². The molecule has 0 aliphatic heterocycles. The molecule has 1 aromatic heterocycles. The molecule has 7 heteroatoms. The molecule has 1 aromatic rings. The third-order valence-corrected chi connectivity index (χ3v) is 2.53. The van der Waals surface area contributed by atoms with E-state index in [0.717, 1.165) is 12.3 Å². The Hall–Kier alpha value is -0.750. The maximum absolute atomic E-state index is 12.6. The Morgan fingerprint density at radius 1 is 1.50 bits per heavy atom. The third kappa shape index (κ3) is 3.55. The van der Waals surface area contributed by atoms with E-state index >= 15 is 0 Å². The minimum atomic E-state index is -4.56. The quantitative estimate of drug-likeness (QED) is 0.598. The molecule has 0 saturated heterocycles. The summed E-state index contributed by atoms with van der Waals surface area (Å²) < 4.78 is 45.1. The Labute approximate surface area is 84.9 Å². The molecule has 0 atom stereocenters. The Balaban J connectivity index is 2.81. The van der Waals surface area contributed by atoms with E-state index in [1.54, 1.807) is 0 Å². The normalized spacial score (nSPS) is 11.6. The lowest BCUT2D eigenvalue weighted by atomic mass is 10.2. The molecular weight excluding hydrogens is 236 g/mol. The maximum Gasteiger partial charge on any atom is 0.302 e. The minimum Gasteiger partial charge on any atom is -0.241 e. The van der Waals surface area contributed by atoms with Crippen molar-refractivity contribution in [1.29, 1.82) is 0 Å². The number of hydrogen-bond acceptors (Lipinski definition) is 3. The van der Waals surface area contributed by atoms with Gasteiger partial charge in [0.25, 0.3) is 0 Å². The van der Waals surface area contributed by atoms with Gasteiger partial charge in [-0.2, -0.15) is 8.42 Å². The summed E-state index contributed by atoms with van der Waals surface area (Å²) in [5.41, 5.74) is 0.174. The summed E-state index contributed by atoms with van der Waals surface area (Å²) in [6.07, 6.45) is 0.707. The summed E-state index contributed by atoms with van der Waals surface area (Å²) >= 11 is 5.53. The number of rotatable bonds is 3. The number of nitrogens with zero attached hydrogens (tertiary/aromatic N) is 1. The molecule has 3 nitrogen and oxygen atoms in total. The lowest BCUT2D eigenvalue weighted by Crippen LogP contribution is -2.03. The standard InChI is InChI=1S/C7H6ClF2NO2S/c8-7-5(1-2-14(10,12)13)3-6(9)4-11-7/h3-4H,1-2H2. The van der Waals surface area contributed by atoms with Crippen LogP contribution in [0.15, 0.2) is 12.3 Å². The van der Waals surface area contributed by atoms with Gasteiger partial charge in [-0.15, -0.1) is 3.89 Å². The topological polar surface area (TPSA) is 47.0 Å². The van der Waals surface area contributed by atoms with Gasteiger partial charge in [-0.1, -0.05) is 11.6 Å². The van der Waals surface area contributed by atoms with Gasteiger partial charge in [-0.05, 0) is 18.1 Å². The van der Waals surface area contributed by atoms with Crippen LogP contribution in [0.25, 0.3) is 0 Å². The molecular formula is C7H6ClF2NO2S. The predicted octanol–water partition coefficient (Wildman–Crippen LogP) is 1.72. The highest BCUT2D eigenvalue weighted by Gasteiger charge is 2.10. The summed E-state index contributed by atoms with van der Waals surface area (Å²) in [6.45, 7) is 0. The van der Waals surface area contributed by atoms with Crippen molar-refractivity contribution in [2.45, 2.75) is 6.42 Å². The van der Waals surface area contributed by atoms with Gasteiger partial charge in [0.1, 0.15) is 11.0 Å². The van der Waals surface area contributed by atoms with E-state index in [1.807, 2.05) is 0 Å². The Kier molecular flexibility index (Phi) is 3.38. The van der Waals surface area contributed by atoms with E-state index < -0.39 is 21.8 Å². The van der Waals surface area contributed by atoms with Gasteiger partial charge in [0, 0.05) is 0 Å². The molecule has 0 aliphatic rings. The second kappa shape index (κ2) is 4.18. The van der Waals surface area contributed by atoms with Gasteiger partial charge in [0.2, 0.25) is 0 Å². The molecule has 1 heterocycles. The second-order valence-electron chi connectivity index (χ2n) is 2.60. The average Bonchev–Trinajstić information content (AvgIpc) is 2.05. The van der Waals surface area contributed by atoms with Crippen LogP contribution in [0, 0.1) is 5.82 Å². The van der Waals surface area contributed by atoms with Crippen LogP contribution in [0.5, 0.6) is 0 Å². The summed E-state index contributed by atoms with van der Waals surface area (Å²) in [7, 11) is -4.56. The SMILES string of the molecule is O=S(=O)(F)CCc1cc(F)cnc1Cl. The zero-order valence-corrected chi connectivity index (χ0v) is 8.45. The fourth-order valence-electron chi connectivity index (χ4n) is 0.872. The van der Waals surface area contributed by atoms with Gasteiger partial charge in [0.15, 0.2) is 0 Å². The van der Waals surface area contributed by atoms with Crippen LogP contribution in [0.1, 0.15) is 5.56 Å². The van der Waals surface area contributed by atoms with Crippen molar-refractivity contribution in [2.24, 2.45) is 0 Å². The largest absolute Gasteiger partial charge is 0.302 e. The van der Waals surface area contributed by atoms with E-state index in [4.69, 9.17) is 11.6 Å². The Morgan fingerprint density at radius 2 is 2.14 bits per heavy atom. The molecule has 0 aromatic carbocycles. The van der Waals surface area contributed by atoms with Crippen LogP contribution in [-0.2, 0) is 16.6 Å². The molecule has 0 fully saturated rings. The first-order valence-corrected chi connectivity index (χ1v) is 5.54. The van der Waals surface area contributed by atoms with Gasteiger partial charge in [-0.25, -0.2) is 9.37 Å². The molecule has 0 unspecified atom stereocenters. The van der Waals surface area contributed by atoms with Crippen LogP contribution in [0.2, 0.25) is 5.15 Å². The first-order chi connectivity index (χ1) is 6.38. The van der Waals surface area contributed by atoms with Gasteiger partial charge in [-0.3, -0.25) is 0 Å². The predicted molar refractivity (Wildman–Crippen MR) is 47.8 cm³/mol. The molecule has 0 amide bonds. The number of aromatic nitrogens is 1. The summed E-state index contributed by atoms with van der Waals surface area (Å²) in [4.78, 5) is 3.45. The monoisotopic (exact) mass is 241 g/mol. The fourth-order valence-corrected chi connectivity index (χ4v) is 1.53. The molecule has 0 radical (unpaired) electrons. The average molecular weight is 242 g/mol. The van der Waals surface area contributed by atoms with Crippen LogP contribution in [-0.4, -0.2) is 19.2 Å². The molecule has 0 spiro atoms. The minimum absolute atomic E-state index is 0.0185. The van der Waals surface area contributed by atoms with Gasteiger partial charge in [0.05, 0.1) is 11.9 Å². The summed E-state index contributed by atoms with van der Waals surface area (Å²) in [6, 6.07) is 1.03. The highest BCUT2D eigenvalue weighted by molar-refractivity contribution is 7.86. The van der Waals surface area contributed by atoms with Crippen LogP contribution in [0.3, 0.4) is 0 Å². The van der Waals surface area contributed by atoms with E-state index in [-0.39, 0.29) is 17.1 Å². The number of pyridine rings is 1. The van der Waals surface area contributed by atoms with Gasteiger partial charge >= 0.3 is 10.2 Å². The van der Waals surface area contributed by atoms with Crippen LogP contribution < -0.4 is 0 Å². The number of hydrogen-bond donors (Lipinski definition) is 0. The molecule has 78 valence electrons. The Morgan fingerprint density at radius 3 is 2.71 bits per heavy atom. The maximum atomic E-state index is 12.6. The highest BCUT2D eigenvalue weighted by atomic mass is 35.5. The zero-order chi connectivity index (χ0) is 10.8. The van der Waals surface area contributed by atoms with Crippen LogP contribution in [0.4, 0.5) is 8.28 Å². The van der Waals surface area contributed by atoms with Crippen molar-refractivity contribution in [3.05, 3.63) is 28.8 Å². The summed E-state index contributed by atoms with van der Waals surface area (Å²) in [5, 5.41) is -0.0185. The van der Waals surface area contributed by atoms with Crippen molar-refractivity contribution < 1.29 is 16.7 Å². The smallest absolute Gasteiger partial charge is 0.241 e. The van der Waals surface area contributed by atoms with E-state index in [1.165, 1.54) is 0 Å². The van der Waals surface area contributed by atoms with Crippen molar-refractivity contribution in [2.75, 3.05) is 5.75 Å². The first-order valence-electron chi connectivity index (χ1n) is 3.61. The van der Waals surface area contributed by atoms with Crippen molar-refractivity contribution in [3.8, 4) is 0 Å². The van der Waals surface area contributed by atoms with Crippen molar-refractivity contribution in [1.82, 2.24) is 4.98 Å². The third-order valence-electron chi connectivity index (χ3n) is 1.49.